The van der Waals surface area contributed by atoms with Crippen molar-refractivity contribution in [2.24, 2.45) is 11.8 Å². The van der Waals surface area contributed by atoms with Crippen LogP contribution in [0.3, 0.4) is 0 Å². The van der Waals surface area contributed by atoms with E-state index in [0.29, 0.717) is 62.2 Å². The van der Waals surface area contributed by atoms with Crippen molar-refractivity contribution in [1.29, 1.82) is 0 Å². The molecule has 1 aliphatic carbocycles. The summed E-state index contributed by atoms with van der Waals surface area (Å²) in [6.07, 6.45) is 5.82. The highest BCUT2D eigenvalue weighted by Gasteiger charge is 2.50. The third kappa shape index (κ3) is 11.2. The molecule has 3 aliphatic heterocycles. The number of piperazine rings is 1. The number of hydrogen-bond donors (Lipinski definition) is 4. The van der Waals surface area contributed by atoms with Gasteiger partial charge in [-0.2, -0.15) is 0 Å². The number of epoxide rings is 1. The number of carboxylic acids is 1. The Morgan fingerprint density at radius 1 is 1.05 bits per heavy atom. The molecule has 0 amide bonds. The Kier molecular flexibility index (Phi) is 15.0. The molecular formula is C43H60FN3O11. The maximum Gasteiger partial charge on any atom is 0.344 e. The van der Waals surface area contributed by atoms with Crippen molar-refractivity contribution in [2.45, 2.75) is 134 Å². The minimum atomic E-state index is -1.22. The maximum absolute atomic E-state index is 15.6. The zero-order chi connectivity index (χ0) is 41.5. The summed E-state index contributed by atoms with van der Waals surface area (Å²) in [6.45, 7) is 8.36. The first kappa shape index (κ1) is 43.7. The number of aliphatic carboxylic acids is 1. The third-order valence-electron chi connectivity index (χ3n) is 12.0. The molecule has 3 saturated heterocycles. The standard InChI is InChI=1S/C43H60FN3O11/c1-25(19-38(51)55-17-9-7-5-4-6-8-10-37(49)50)18-35-42(39(52)28(24-56-35)20-36-41(57-36)26(2)27(3)48)58-43(54)31-23-47(29-11-12-29)33-22-34(46-15-13-45-14-16-46)32(44)21-30(33)40(31)53/h19,21-23,26-29,35-36,39,41-42,45,48,52H,4-18,20,24H2,1-3H3,(H,49,50)/t26?,27?,28-,35?,36-,39+,41?,42-/m0/s1. The number of halogens is 1. The van der Waals surface area contributed by atoms with Gasteiger partial charge in [-0.05, 0) is 64.5 Å². The summed E-state index contributed by atoms with van der Waals surface area (Å²) in [5, 5.41) is 34.0. The molecule has 4 aliphatic rings. The second-order valence-corrected chi connectivity index (χ2v) is 16.7. The summed E-state index contributed by atoms with van der Waals surface area (Å²) < 4.78 is 41.1. The molecule has 4 unspecified atom stereocenters. The molecule has 4 fully saturated rings. The molecule has 4 N–H and O–H groups in total. The van der Waals surface area contributed by atoms with E-state index in [4.69, 9.17) is 24.1 Å². The second-order valence-electron chi connectivity index (χ2n) is 16.7. The van der Waals surface area contributed by atoms with Crippen molar-refractivity contribution < 1.29 is 53.0 Å². The highest BCUT2D eigenvalue weighted by atomic mass is 19.1. The number of carbonyl (C=O) groups is 3. The van der Waals surface area contributed by atoms with Crippen molar-refractivity contribution in [3.05, 3.63) is 51.6 Å². The number of nitrogens with zero attached hydrogens (tertiary/aromatic N) is 2. The van der Waals surface area contributed by atoms with Gasteiger partial charge >= 0.3 is 17.9 Å². The van der Waals surface area contributed by atoms with Gasteiger partial charge in [0.05, 0.1) is 48.8 Å². The molecule has 58 heavy (non-hydrogen) atoms. The molecule has 15 heteroatoms. The average molecular weight is 814 g/mol. The van der Waals surface area contributed by atoms with Crippen molar-refractivity contribution in [3.8, 4) is 0 Å². The lowest BCUT2D eigenvalue weighted by Crippen LogP contribution is -2.52. The Morgan fingerprint density at radius 3 is 2.45 bits per heavy atom. The Balaban J connectivity index is 1.15. The van der Waals surface area contributed by atoms with Gasteiger partial charge in [-0.1, -0.05) is 38.2 Å². The quantitative estimate of drug-likeness (QED) is 0.0626. The number of aromatic nitrogens is 1. The Hall–Kier alpha value is -3.89. The number of unbranched alkanes of at least 4 members (excludes halogenated alkanes) is 5. The molecule has 0 spiro atoms. The number of ether oxygens (including phenoxy) is 4. The van der Waals surface area contributed by atoms with Gasteiger partial charge in [0.15, 0.2) is 6.10 Å². The number of aliphatic hydroxyl groups excluding tert-OH is 2. The summed E-state index contributed by atoms with van der Waals surface area (Å²) in [5.41, 5.74) is 0.598. The highest BCUT2D eigenvalue weighted by molar-refractivity contribution is 5.95. The molecule has 6 rings (SSSR count). The number of carboxylic acid groups (broad SMARTS) is 1. The molecule has 1 aromatic carbocycles. The molecular weight excluding hydrogens is 753 g/mol. The summed E-state index contributed by atoms with van der Waals surface area (Å²) in [6, 6.07) is 2.94. The van der Waals surface area contributed by atoms with Crippen LogP contribution in [0, 0.1) is 17.7 Å². The molecule has 14 nitrogen and oxygen atoms in total. The Bertz CT molecular complexity index is 1860. The lowest BCUT2D eigenvalue weighted by Gasteiger charge is -2.40. The topological polar surface area (TPSA) is 189 Å². The van der Waals surface area contributed by atoms with E-state index in [0.717, 1.165) is 38.5 Å². The Morgan fingerprint density at radius 2 is 1.76 bits per heavy atom. The predicted octanol–water partition coefficient (Wildman–Crippen LogP) is 4.66. The molecule has 1 aromatic heterocycles. The number of nitrogens with one attached hydrogen (secondary N) is 1. The van der Waals surface area contributed by atoms with Gasteiger partial charge in [0.1, 0.15) is 17.5 Å². The van der Waals surface area contributed by atoms with Gasteiger partial charge in [-0.25, -0.2) is 14.0 Å². The van der Waals surface area contributed by atoms with Crippen molar-refractivity contribution in [3.63, 3.8) is 0 Å². The molecule has 8 atom stereocenters. The van der Waals surface area contributed by atoms with Crippen LogP contribution in [-0.2, 0) is 28.5 Å². The van der Waals surface area contributed by atoms with E-state index in [2.05, 4.69) is 5.32 Å². The maximum atomic E-state index is 15.6. The first-order valence-corrected chi connectivity index (χ1v) is 21.1. The minimum absolute atomic E-state index is 0.0372. The zero-order valence-electron chi connectivity index (χ0n) is 33.9. The summed E-state index contributed by atoms with van der Waals surface area (Å²) in [4.78, 5) is 53.4. The van der Waals surface area contributed by atoms with Crippen LogP contribution in [0.15, 0.2) is 34.8 Å². The van der Waals surface area contributed by atoms with Crippen molar-refractivity contribution in [2.75, 3.05) is 44.3 Å². The first-order valence-electron chi connectivity index (χ1n) is 21.1. The lowest BCUT2D eigenvalue weighted by molar-refractivity contribution is -0.167. The fourth-order valence-electron chi connectivity index (χ4n) is 8.21. The van der Waals surface area contributed by atoms with Crippen LogP contribution >= 0.6 is 0 Å². The number of rotatable bonds is 20. The molecule has 0 bridgehead atoms. The molecule has 2 aromatic rings. The van der Waals surface area contributed by atoms with E-state index in [1.54, 1.807) is 19.9 Å². The van der Waals surface area contributed by atoms with E-state index in [1.165, 1.54) is 18.3 Å². The minimum Gasteiger partial charge on any atom is -0.481 e. The van der Waals surface area contributed by atoms with E-state index < -0.39 is 59.5 Å². The predicted molar refractivity (Wildman–Crippen MR) is 213 cm³/mol. The number of benzene rings is 1. The molecule has 1 saturated carbocycles. The van der Waals surface area contributed by atoms with Crippen molar-refractivity contribution >= 4 is 34.5 Å². The van der Waals surface area contributed by atoms with Crippen LogP contribution in [0.2, 0.25) is 0 Å². The van der Waals surface area contributed by atoms with Crippen LogP contribution in [0.5, 0.6) is 0 Å². The van der Waals surface area contributed by atoms with Crippen molar-refractivity contribution in [1.82, 2.24) is 9.88 Å². The van der Waals surface area contributed by atoms with Gasteiger partial charge in [0, 0.05) is 68.1 Å². The second kappa shape index (κ2) is 19.9. The first-order chi connectivity index (χ1) is 27.8. The zero-order valence-corrected chi connectivity index (χ0v) is 33.9. The smallest absolute Gasteiger partial charge is 0.344 e. The van der Waals surface area contributed by atoms with Crippen LogP contribution < -0.4 is 15.6 Å². The van der Waals surface area contributed by atoms with Gasteiger partial charge < -0.3 is 49.1 Å². The normalized spacial score (nSPS) is 26.0. The van der Waals surface area contributed by atoms with Crippen LogP contribution in [0.25, 0.3) is 10.9 Å². The fourth-order valence-corrected chi connectivity index (χ4v) is 8.21. The number of fused-ring (bicyclic) bond motifs is 1. The number of pyridine rings is 1. The van der Waals surface area contributed by atoms with Gasteiger partial charge in [-0.3, -0.25) is 9.59 Å². The van der Waals surface area contributed by atoms with Gasteiger partial charge in [0.25, 0.3) is 0 Å². The SMILES string of the molecule is CC(=CC(=O)OCCCCCCCCC(=O)O)CC1OC[C@H](C[C@@H]2OC2C(C)C(C)O)[C@@H](O)[C@H]1OC(=O)c1cn(C2CC2)c2cc(N3CCNCC3)c(F)cc2c1=O. The number of esters is 2. The van der Waals surface area contributed by atoms with Crippen LogP contribution in [-0.4, -0.2) is 114 Å². The molecule has 0 radical (unpaired) electrons. The summed E-state index contributed by atoms with van der Waals surface area (Å²) >= 11 is 0. The third-order valence-corrected chi connectivity index (χ3v) is 12.0. The summed E-state index contributed by atoms with van der Waals surface area (Å²) in [5.74, 6) is -3.44. The van der Waals surface area contributed by atoms with Crippen LogP contribution in [0.4, 0.5) is 10.1 Å². The van der Waals surface area contributed by atoms with E-state index in [-0.39, 0.29) is 61.2 Å². The molecule has 320 valence electrons. The number of carbonyl (C=O) groups excluding carboxylic acids is 2. The largest absolute Gasteiger partial charge is 0.481 e. The van der Waals surface area contributed by atoms with E-state index >= 15 is 4.39 Å². The number of aliphatic hydroxyl groups is 2. The fraction of sp³-hybridized carbons (Fsp3) is 0.674. The highest BCUT2D eigenvalue weighted by Crippen LogP contribution is 2.40. The lowest BCUT2D eigenvalue weighted by atomic mass is 9.85. The Labute approximate surface area is 338 Å². The van der Waals surface area contributed by atoms with E-state index in [9.17, 15) is 29.4 Å². The average Bonchev–Trinajstić information content (AvgIpc) is 4.13. The van der Waals surface area contributed by atoms with Gasteiger partial charge in [0.2, 0.25) is 5.43 Å². The summed E-state index contributed by atoms with van der Waals surface area (Å²) in [7, 11) is 0. The van der Waals surface area contributed by atoms with Gasteiger partial charge in [-0.15, -0.1) is 0 Å². The number of anilines is 1. The van der Waals surface area contributed by atoms with Crippen LogP contribution in [0.1, 0.15) is 108 Å². The molecule has 4 heterocycles. The monoisotopic (exact) mass is 813 g/mol. The van der Waals surface area contributed by atoms with E-state index in [1.807, 2.05) is 16.4 Å². The number of hydrogen-bond acceptors (Lipinski definition) is 12.